The van der Waals surface area contributed by atoms with E-state index in [9.17, 15) is 0 Å². The zero-order valence-electron chi connectivity index (χ0n) is 10.2. The molecule has 0 aliphatic carbocycles. The van der Waals surface area contributed by atoms with Crippen molar-refractivity contribution in [1.82, 2.24) is 4.98 Å². The lowest BCUT2D eigenvalue weighted by Gasteiger charge is -2.15. The van der Waals surface area contributed by atoms with E-state index in [-0.39, 0.29) is 11.7 Å². The highest BCUT2D eigenvalue weighted by molar-refractivity contribution is 6.31. The van der Waals surface area contributed by atoms with Gasteiger partial charge >= 0.3 is 0 Å². The summed E-state index contributed by atoms with van der Waals surface area (Å²) >= 11 is 11.8. The molecule has 0 aliphatic heterocycles. The Kier molecular flexibility index (Phi) is 4.26. The summed E-state index contributed by atoms with van der Waals surface area (Å²) in [4.78, 5) is 4.14. The molecule has 1 aromatic heterocycles. The van der Waals surface area contributed by atoms with Crippen LogP contribution in [0.1, 0.15) is 24.2 Å². The van der Waals surface area contributed by atoms with Crippen LogP contribution in [-0.2, 0) is 0 Å². The normalized spacial score (nSPS) is 11.7. The summed E-state index contributed by atoms with van der Waals surface area (Å²) in [7, 11) is 0. The number of hydrogen-bond donors (Lipinski definition) is 1. The topological polar surface area (TPSA) is 48.7 Å². The van der Waals surface area contributed by atoms with Gasteiger partial charge in [-0.3, -0.25) is 0 Å². The van der Waals surface area contributed by atoms with Gasteiger partial charge in [0.05, 0.1) is 5.02 Å². The minimum absolute atomic E-state index is 0.0268. The van der Waals surface area contributed by atoms with E-state index < -0.39 is 0 Å². The van der Waals surface area contributed by atoms with E-state index >= 15 is 0 Å². The Morgan fingerprint density at radius 3 is 2.74 bits per heavy atom. The molecule has 3 nitrogen and oxygen atoms in total. The second-order valence-corrected chi connectivity index (χ2v) is 4.90. The van der Waals surface area contributed by atoms with Crippen molar-refractivity contribution in [2.45, 2.75) is 13.0 Å². The molecular formula is C14H11Cl2N3. The smallest absolute Gasteiger partial charge is 0.161 e. The summed E-state index contributed by atoms with van der Waals surface area (Å²) in [5, 5.41) is 13.1. The lowest BCUT2D eigenvalue weighted by Crippen LogP contribution is -2.08. The number of nitrogens with one attached hydrogen (secondary N) is 1. The van der Waals surface area contributed by atoms with E-state index in [1.807, 2.05) is 37.3 Å². The number of pyridine rings is 1. The van der Waals surface area contributed by atoms with Gasteiger partial charge in [0.25, 0.3) is 0 Å². The lowest BCUT2D eigenvalue weighted by molar-refractivity contribution is 0.874. The van der Waals surface area contributed by atoms with Gasteiger partial charge < -0.3 is 5.32 Å². The van der Waals surface area contributed by atoms with E-state index in [1.165, 1.54) is 0 Å². The van der Waals surface area contributed by atoms with Crippen molar-refractivity contribution in [3.8, 4) is 6.07 Å². The van der Waals surface area contributed by atoms with Crippen molar-refractivity contribution in [2.24, 2.45) is 0 Å². The van der Waals surface area contributed by atoms with Crippen molar-refractivity contribution >= 4 is 29.0 Å². The maximum Gasteiger partial charge on any atom is 0.161 e. The van der Waals surface area contributed by atoms with Crippen LogP contribution in [0.2, 0.25) is 10.0 Å². The van der Waals surface area contributed by atoms with Crippen LogP contribution in [0.3, 0.4) is 0 Å². The molecule has 0 aliphatic rings. The number of aromatic nitrogens is 1. The second-order valence-electron chi connectivity index (χ2n) is 4.06. The van der Waals surface area contributed by atoms with Crippen LogP contribution in [0.25, 0.3) is 0 Å². The molecule has 1 heterocycles. The van der Waals surface area contributed by atoms with Gasteiger partial charge in [-0.05, 0) is 36.8 Å². The number of benzene rings is 1. The van der Waals surface area contributed by atoms with Crippen molar-refractivity contribution in [2.75, 3.05) is 5.32 Å². The van der Waals surface area contributed by atoms with Gasteiger partial charge in [0.2, 0.25) is 0 Å². The molecule has 5 heteroatoms. The van der Waals surface area contributed by atoms with Crippen molar-refractivity contribution in [3.05, 3.63) is 57.7 Å². The first-order valence-electron chi connectivity index (χ1n) is 5.69. The second kappa shape index (κ2) is 5.92. The Hall–Kier alpha value is -1.76. The fourth-order valence-corrected chi connectivity index (χ4v) is 2.03. The van der Waals surface area contributed by atoms with E-state index in [0.717, 1.165) is 5.56 Å². The molecule has 2 rings (SSSR count). The fraction of sp³-hybridized carbons (Fsp3) is 0.143. The van der Waals surface area contributed by atoms with Gasteiger partial charge in [0.1, 0.15) is 11.9 Å². The highest BCUT2D eigenvalue weighted by Crippen LogP contribution is 2.22. The largest absolute Gasteiger partial charge is 0.364 e. The minimum atomic E-state index is 0.0268. The minimum Gasteiger partial charge on any atom is -0.364 e. The third-order valence-electron chi connectivity index (χ3n) is 2.66. The zero-order chi connectivity index (χ0) is 13.8. The summed E-state index contributed by atoms with van der Waals surface area (Å²) in [5.74, 6) is 0.605. The van der Waals surface area contributed by atoms with Crippen molar-refractivity contribution in [1.29, 1.82) is 5.26 Å². The van der Waals surface area contributed by atoms with E-state index in [4.69, 9.17) is 28.5 Å². The maximum absolute atomic E-state index is 8.89. The molecule has 1 aromatic carbocycles. The third-order valence-corrected chi connectivity index (χ3v) is 3.21. The molecule has 1 N–H and O–H groups in total. The SMILES string of the molecule is CC(Nc1ccc(Cl)c(C#N)n1)c1cccc(Cl)c1. The monoisotopic (exact) mass is 291 g/mol. The van der Waals surface area contributed by atoms with Crippen LogP contribution in [0, 0.1) is 11.3 Å². The van der Waals surface area contributed by atoms with E-state index in [0.29, 0.717) is 15.9 Å². The predicted octanol–water partition coefficient (Wildman–Crippen LogP) is 4.43. The molecule has 0 fully saturated rings. The van der Waals surface area contributed by atoms with Crippen LogP contribution < -0.4 is 5.32 Å². The molecule has 0 saturated carbocycles. The van der Waals surface area contributed by atoms with Gasteiger partial charge in [0, 0.05) is 11.1 Å². The Morgan fingerprint density at radius 1 is 1.26 bits per heavy atom. The Bertz CT molecular complexity index is 635. The van der Waals surface area contributed by atoms with Gasteiger partial charge in [-0.1, -0.05) is 35.3 Å². The van der Waals surface area contributed by atoms with Crippen LogP contribution >= 0.6 is 23.2 Å². The van der Waals surface area contributed by atoms with Crippen molar-refractivity contribution in [3.63, 3.8) is 0 Å². The molecule has 19 heavy (non-hydrogen) atoms. The third kappa shape index (κ3) is 3.37. The Balaban J connectivity index is 2.20. The first-order chi connectivity index (χ1) is 9.10. The van der Waals surface area contributed by atoms with Crippen LogP contribution in [0.15, 0.2) is 36.4 Å². The fourth-order valence-electron chi connectivity index (χ4n) is 1.68. The summed E-state index contributed by atoms with van der Waals surface area (Å²) in [6.45, 7) is 1.99. The lowest BCUT2D eigenvalue weighted by atomic mass is 10.1. The van der Waals surface area contributed by atoms with Crippen LogP contribution in [0.4, 0.5) is 5.82 Å². The Labute approximate surface area is 121 Å². The summed E-state index contributed by atoms with van der Waals surface area (Å²) in [5.41, 5.74) is 1.26. The van der Waals surface area contributed by atoms with E-state index in [2.05, 4.69) is 10.3 Å². The molecule has 0 bridgehead atoms. The first-order valence-corrected chi connectivity index (χ1v) is 6.44. The molecule has 1 atom stereocenters. The molecular weight excluding hydrogens is 281 g/mol. The number of nitrogens with zero attached hydrogens (tertiary/aromatic N) is 2. The van der Waals surface area contributed by atoms with Gasteiger partial charge in [-0.25, -0.2) is 4.98 Å². The van der Waals surface area contributed by atoms with Crippen molar-refractivity contribution < 1.29 is 0 Å². The van der Waals surface area contributed by atoms with Gasteiger partial charge in [0.15, 0.2) is 5.69 Å². The van der Waals surface area contributed by atoms with Gasteiger partial charge in [-0.2, -0.15) is 5.26 Å². The number of halogens is 2. The number of nitriles is 1. The number of hydrogen-bond acceptors (Lipinski definition) is 3. The molecule has 2 aromatic rings. The molecule has 0 saturated heterocycles. The zero-order valence-corrected chi connectivity index (χ0v) is 11.7. The first kappa shape index (κ1) is 13.7. The molecule has 96 valence electrons. The van der Waals surface area contributed by atoms with E-state index in [1.54, 1.807) is 12.1 Å². The molecule has 0 spiro atoms. The number of anilines is 1. The van der Waals surface area contributed by atoms with Crippen LogP contribution in [-0.4, -0.2) is 4.98 Å². The van der Waals surface area contributed by atoms with Crippen LogP contribution in [0.5, 0.6) is 0 Å². The van der Waals surface area contributed by atoms with Gasteiger partial charge in [-0.15, -0.1) is 0 Å². The summed E-state index contributed by atoms with van der Waals surface area (Å²) in [6, 6.07) is 13.0. The highest BCUT2D eigenvalue weighted by atomic mass is 35.5. The average Bonchev–Trinajstić information content (AvgIpc) is 2.41. The quantitative estimate of drug-likeness (QED) is 0.910. The summed E-state index contributed by atoms with van der Waals surface area (Å²) < 4.78 is 0. The average molecular weight is 292 g/mol. The molecule has 0 amide bonds. The number of rotatable bonds is 3. The molecule has 0 radical (unpaired) electrons. The molecule has 1 unspecified atom stereocenters. The predicted molar refractivity (Wildman–Crippen MR) is 77.5 cm³/mol. The summed E-state index contributed by atoms with van der Waals surface area (Å²) in [6.07, 6.45) is 0. The Morgan fingerprint density at radius 2 is 2.05 bits per heavy atom. The standard InChI is InChI=1S/C14H11Cl2N3/c1-9(10-3-2-4-11(15)7-10)18-14-6-5-12(16)13(8-17)19-14/h2-7,9H,1H3,(H,18,19). The highest BCUT2D eigenvalue weighted by Gasteiger charge is 2.08. The maximum atomic E-state index is 8.89.